The third-order valence-electron chi connectivity index (χ3n) is 3.29. The first-order valence-corrected chi connectivity index (χ1v) is 4.41. The molecule has 3 rings (SSSR count). The van der Waals surface area contributed by atoms with E-state index in [0.717, 1.165) is 17.5 Å². The zero-order valence-corrected chi connectivity index (χ0v) is 6.67. The molecule has 12 heavy (non-hydrogen) atoms. The third kappa shape index (κ3) is 0.543. The predicted octanol–water partition coefficient (Wildman–Crippen LogP) is 1.79. The minimum absolute atomic E-state index is 0.190. The number of rotatable bonds is 0. The fraction of sp³-hybridized carbons (Fsp3) is 0.556. The Labute approximate surface area is 70.0 Å². The van der Waals surface area contributed by atoms with Gasteiger partial charge in [0.05, 0.1) is 0 Å². The molecule has 0 saturated heterocycles. The van der Waals surface area contributed by atoms with E-state index in [-0.39, 0.29) is 11.8 Å². The molecule has 3 N–H and O–H groups in total. The van der Waals surface area contributed by atoms with Crippen LogP contribution in [0.2, 0.25) is 0 Å². The van der Waals surface area contributed by atoms with Gasteiger partial charge >= 0.3 is 0 Å². The van der Waals surface area contributed by atoms with Gasteiger partial charge in [0.25, 0.3) is 0 Å². The van der Waals surface area contributed by atoms with Crippen molar-refractivity contribution in [3.63, 3.8) is 0 Å². The molecule has 1 fully saturated rings. The van der Waals surface area contributed by atoms with E-state index < -0.39 is 0 Å². The van der Waals surface area contributed by atoms with E-state index in [1.807, 2.05) is 0 Å². The first-order valence-electron chi connectivity index (χ1n) is 4.41. The molecule has 0 amide bonds. The topological polar surface area (TPSA) is 56.2 Å². The molecule has 2 atom stereocenters. The molecule has 3 nitrogen and oxygen atoms in total. The molecule has 3 heteroatoms. The van der Waals surface area contributed by atoms with Gasteiger partial charge in [-0.3, -0.25) is 4.98 Å². The molecule has 1 heterocycles. The van der Waals surface area contributed by atoms with E-state index in [1.54, 1.807) is 0 Å². The van der Waals surface area contributed by atoms with Crippen LogP contribution in [0.1, 0.15) is 42.2 Å². The molecule has 64 valence electrons. The van der Waals surface area contributed by atoms with Crippen LogP contribution in [-0.2, 0) is 0 Å². The highest BCUT2D eigenvalue weighted by atomic mass is 16.3. The standard InChI is InChI=1S/C9H11NO2/c11-8-6-4-1-2-5(3-4)7(6)9(12)10-8/h4-5,10-12H,1-3H2. The summed E-state index contributed by atoms with van der Waals surface area (Å²) < 4.78 is 0. The maximum absolute atomic E-state index is 9.46. The average Bonchev–Trinajstić information content (AvgIpc) is 2.64. The van der Waals surface area contributed by atoms with Crippen molar-refractivity contribution in [2.24, 2.45) is 0 Å². The first kappa shape index (κ1) is 6.40. The third-order valence-corrected chi connectivity index (χ3v) is 3.29. The number of hydrogen-bond donors (Lipinski definition) is 3. The number of nitrogens with one attached hydrogen (secondary N) is 1. The molecular weight excluding hydrogens is 154 g/mol. The van der Waals surface area contributed by atoms with Crippen LogP contribution in [-0.4, -0.2) is 15.2 Å². The lowest BCUT2D eigenvalue weighted by molar-refractivity contribution is 0.417. The van der Waals surface area contributed by atoms with Gasteiger partial charge in [-0.1, -0.05) is 0 Å². The van der Waals surface area contributed by atoms with E-state index >= 15 is 0 Å². The second kappa shape index (κ2) is 1.79. The Kier molecular flexibility index (Phi) is 0.953. The Hall–Kier alpha value is -1.12. The Morgan fingerprint density at radius 3 is 2.00 bits per heavy atom. The van der Waals surface area contributed by atoms with Gasteiger partial charge in [-0.2, -0.15) is 0 Å². The van der Waals surface area contributed by atoms with Crippen LogP contribution in [0.4, 0.5) is 0 Å². The second-order valence-electron chi connectivity index (χ2n) is 3.86. The van der Waals surface area contributed by atoms with Gasteiger partial charge < -0.3 is 10.2 Å². The number of aromatic hydroxyl groups is 2. The summed E-state index contributed by atoms with van der Waals surface area (Å²) in [5, 5.41) is 18.9. The van der Waals surface area contributed by atoms with E-state index in [0.29, 0.717) is 11.8 Å². The molecule has 1 saturated carbocycles. The summed E-state index contributed by atoms with van der Waals surface area (Å²) in [5.74, 6) is 1.38. The molecule has 2 aliphatic carbocycles. The molecular formula is C9H11NO2. The van der Waals surface area contributed by atoms with Gasteiger partial charge in [-0.15, -0.1) is 0 Å². The minimum atomic E-state index is 0.190. The first-order chi connectivity index (χ1) is 5.77. The summed E-state index contributed by atoms with van der Waals surface area (Å²) in [6.07, 6.45) is 3.46. The van der Waals surface area contributed by atoms with Crippen molar-refractivity contribution in [1.82, 2.24) is 4.98 Å². The SMILES string of the molecule is Oc1[nH]c(O)c2c1C1CCC2C1. The van der Waals surface area contributed by atoms with E-state index in [2.05, 4.69) is 4.98 Å². The Balaban J connectivity index is 2.28. The monoisotopic (exact) mass is 165 g/mol. The molecule has 0 spiro atoms. The maximum Gasteiger partial charge on any atom is 0.195 e. The molecule has 0 aromatic carbocycles. The second-order valence-corrected chi connectivity index (χ2v) is 3.86. The highest BCUT2D eigenvalue weighted by molar-refractivity contribution is 5.53. The summed E-state index contributed by atoms with van der Waals surface area (Å²) in [6.45, 7) is 0. The summed E-state index contributed by atoms with van der Waals surface area (Å²) >= 11 is 0. The molecule has 2 unspecified atom stereocenters. The lowest BCUT2D eigenvalue weighted by Crippen LogP contribution is -1.93. The van der Waals surface area contributed by atoms with Crippen molar-refractivity contribution < 1.29 is 10.2 Å². The lowest BCUT2D eigenvalue weighted by Gasteiger charge is -2.09. The van der Waals surface area contributed by atoms with Crippen molar-refractivity contribution in [3.8, 4) is 11.8 Å². The molecule has 2 aliphatic rings. The number of hydrogen-bond acceptors (Lipinski definition) is 2. The molecule has 1 aromatic heterocycles. The minimum Gasteiger partial charge on any atom is -0.494 e. The van der Waals surface area contributed by atoms with Crippen LogP contribution in [0.5, 0.6) is 11.8 Å². The zero-order chi connectivity index (χ0) is 8.29. The van der Waals surface area contributed by atoms with Gasteiger partial charge in [0.1, 0.15) is 0 Å². The van der Waals surface area contributed by atoms with Gasteiger partial charge in [-0.05, 0) is 31.1 Å². The van der Waals surface area contributed by atoms with Crippen molar-refractivity contribution >= 4 is 0 Å². The fourth-order valence-corrected chi connectivity index (χ4v) is 2.83. The molecule has 1 aromatic rings. The number of fused-ring (bicyclic) bond motifs is 5. The van der Waals surface area contributed by atoms with Crippen LogP contribution in [0.25, 0.3) is 0 Å². The number of H-pyrrole nitrogens is 1. The summed E-state index contributed by atoms with van der Waals surface area (Å²) in [6, 6.07) is 0. The van der Waals surface area contributed by atoms with Crippen LogP contribution in [0.3, 0.4) is 0 Å². The van der Waals surface area contributed by atoms with Crippen LogP contribution >= 0.6 is 0 Å². The van der Waals surface area contributed by atoms with Crippen molar-refractivity contribution in [2.75, 3.05) is 0 Å². The molecule has 0 radical (unpaired) electrons. The normalized spacial score (nSPS) is 31.0. The van der Waals surface area contributed by atoms with Crippen LogP contribution < -0.4 is 0 Å². The smallest absolute Gasteiger partial charge is 0.195 e. The van der Waals surface area contributed by atoms with Gasteiger partial charge in [0.15, 0.2) is 11.8 Å². The maximum atomic E-state index is 9.46. The zero-order valence-electron chi connectivity index (χ0n) is 6.67. The van der Waals surface area contributed by atoms with E-state index in [1.165, 1.54) is 12.8 Å². The summed E-state index contributed by atoms with van der Waals surface area (Å²) in [5.41, 5.74) is 1.98. The van der Waals surface area contributed by atoms with Gasteiger partial charge in [0.2, 0.25) is 0 Å². The number of aromatic amines is 1. The van der Waals surface area contributed by atoms with Crippen molar-refractivity contribution in [2.45, 2.75) is 31.1 Å². The quantitative estimate of drug-likeness (QED) is 0.549. The van der Waals surface area contributed by atoms with Gasteiger partial charge in [-0.25, -0.2) is 0 Å². The number of aromatic nitrogens is 1. The predicted molar refractivity (Wildman–Crippen MR) is 43.5 cm³/mol. The van der Waals surface area contributed by atoms with Crippen molar-refractivity contribution in [3.05, 3.63) is 11.1 Å². The Morgan fingerprint density at radius 2 is 1.50 bits per heavy atom. The highest BCUT2D eigenvalue weighted by Gasteiger charge is 2.42. The Morgan fingerprint density at radius 1 is 1.00 bits per heavy atom. The van der Waals surface area contributed by atoms with Crippen LogP contribution in [0.15, 0.2) is 0 Å². The van der Waals surface area contributed by atoms with E-state index in [9.17, 15) is 10.2 Å². The summed E-state index contributed by atoms with van der Waals surface area (Å²) in [4.78, 5) is 2.59. The lowest BCUT2D eigenvalue weighted by atomic mass is 9.95. The van der Waals surface area contributed by atoms with Crippen molar-refractivity contribution in [1.29, 1.82) is 0 Å². The van der Waals surface area contributed by atoms with E-state index in [4.69, 9.17) is 0 Å². The summed E-state index contributed by atoms with van der Waals surface area (Å²) in [7, 11) is 0. The molecule has 0 aliphatic heterocycles. The highest BCUT2D eigenvalue weighted by Crippen LogP contribution is 2.58. The fourth-order valence-electron chi connectivity index (χ4n) is 2.83. The molecule has 2 bridgehead atoms. The average molecular weight is 165 g/mol. The van der Waals surface area contributed by atoms with Gasteiger partial charge in [0, 0.05) is 11.1 Å². The Bertz CT molecular complexity index is 312. The van der Waals surface area contributed by atoms with Crippen LogP contribution in [0, 0.1) is 0 Å². The largest absolute Gasteiger partial charge is 0.494 e.